The second-order valence-electron chi connectivity index (χ2n) is 6.41. The lowest BCUT2D eigenvalue weighted by Gasteiger charge is -2.04. The summed E-state index contributed by atoms with van der Waals surface area (Å²) in [5.74, 6) is -2.03. The van der Waals surface area contributed by atoms with Crippen molar-refractivity contribution in [2.45, 2.75) is 6.54 Å². The minimum absolute atomic E-state index is 0.0446. The topological polar surface area (TPSA) is 122 Å². The van der Waals surface area contributed by atoms with E-state index < -0.39 is 17.8 Å². The number of rotatable bonds is 7. The highest BCUT2D eigenvalue weighted by Gasteiger charge is 2.18. The molecule has 0 spiro atoms. The van der Waals surface area contributed by atoms with Crippen molar-refractivity contribution in [3.63, 3.8) is 0 Å². The lowest BCUT2D eigenvalue weighted by Crippen LogP contribution is -2.26. The fraction of sp³-hybridized carbons (Fsp3) is 0.136. The summed E-state index contributed by atoms with van der Waals surface area (Å²) in [6, 6.07) is 16.1. The van der Waals surface area contributed by atoms with Gasteiger partial charge in [0, 0.05) is 11.5 Å². The monoisotopic (exact) mass is 420 g/mol. The number of hydrogen-bond donors (Lipinski definition) is 2. The predicted molar refractivity (Wildman–Crippen MR) is 114 cm³/mol. The van der Waals surface area contributed by atoms with Gasteiger partial charge in [-0.1, -0.05) is 48.5 Å². The van der Waals surface area contributed by atoms with E-state index in [0.29, 0.717) is 10.9 Å². The number of azo groups is 1. The zero-order valence-electron chi connectivity index (χ0n) is 16.7. The number of fused-ring (bicyclic) bond motifs is 1. The molecular formula is C22H20N4O5. The SMILES string of the molecule is COC(=O)Cn1c(O)c(N=NC(=O)CNC(=O)/C=C\c2ccccc2)c2ccccc21. The molecule has 0 saturated carbocycles. The third-order valence-electron chi connectivity index (χ3n) is 4.33. The zero-order valence-corrected chi connectivity index (χ0v) is 16.7. The van der Waals surface area contributed by atoms with Gasteiger partial charge in [0.05, 0.1) is 12.6 Å². The fourth-order valence-corrected chi connectivity index (χ4v) is 2.82. The molecule has 0 aliphatic carbocycles. The Bertz CT molecular complexity index is 1170. The lowest BCUT2D eigenvalue weighted by atomic mass is 10.2. The zero-order chi connectivity index (χ0) is 22.2. The number of benzene rings is 2. The Morgan fingerprint density at radius 2 is 1.81 bits per heavy atom. The number of carbonyl (C=O) groups is 3. The van der Waals surface area contributed by atoms with E-state index in [-0.39, 0.29) is 24.7 Å². The van der Waals surface area contributed by atoms with Gasteiger partial charge in [0.15, 0.2) is 5.69 Å². The van der Waals surface area contributed by atoms with Crippen LogP contribution in [-0.2, 0) is 25.7 Å². The Kier molecular flexibility index (Phi) is 6.89. The molecule has 0 atom stereocenters. The first-order valence-electron chi connectivity index (χ1n) is 9.32. The Balaban J connectivity index is 1.68. The standard InChI is InChI=1S/C22H20N4O5/c1-31-20(29)14-26-17-10-6-5-9-16(17)21(22(26)30)25-24-19(28)13-23-18(27)12-11-15-7-3-2-4-8-15/h2-12,30H,13-14H2,1H3,(H,23,27)/b12-11-,25-24?. The Morgan fingerprint density at radius 3 is 2.55 bits per heavy atom. The van der Waals surface area contributed by atoms with Gasteiger partial charge in [-0.25, -0.2) is 0 Å². The van der Waals surface area contributed by atoms with E-state index in [2.05, 4.69) is 20.3 Å². The van der Waals surface area contributed by atoms with Crippen LogP contribution in [-0.4, -0.2) is 41.1 Å². The van der Waals surface area contributed by atoms with E-state index in [1.165, 1.54) is 17.8 Å². The third kappa shape index (κ3) is 5.41. The quantitative estimate of drug-likeness (QED) is 0.346. The van der Waals surface area contributed by atoms with Crippen LogP contribution in [0.15, 0.2) is 70.9 Å². The van der Waals surface area contributed by atoms with Gasteiger partial charge in [-0.3, -0.25) is 19.0 Å². The van der Waals surface area contributed by atoms with Crippen molar-refractivity contribution >= 4 is 40.4 Å². The molecule has 0 unspecified atom stereocenters. The minimum atomic E-state index is -0.703. The molecule has 9 heteroatoms. The predicted octanol–water partition coefficient (Wildman–Crippen LogP) is 2.96. The molecule has 3 rings (SSSR count). The third-order valence-corrected chi connectivity index (χ3v) is 4.33. The van der Waals surface area contributed by atoms with Gasteiger partial charge in [0.25, 0.3) is 5.91 Å². The number of amides is 2. The first kappa shape index (κ1) is 21.4. The van der Waals surface area contributed by atoms with E-state index in [1.54, 1.807) is 30.3 Å². The van der Waals surface area contributed by atoms with Crippen LogP contribution in [0.4, 0.5) is 5.69 Å². The van der Waals surface area contributed by atoms with Gasteiger partial charge in [0.2, 0.25) is 11.8 Å². The molecular weight excluding hydrogens is 400 g/mol. The van der Waals surface area contributed by atoms with Crippen molar-refractivity contribution in [3.8, 4) is 5.88 Å². The van der Waals surface area contributed by atoms with Crippen LogP contribution in [0.25, 0.3) is 17.0 Å². The van der Waals surface area contributed by atoms with E-state index in [4.69, 9.17) is 0 Å². The maximum atomic E-state index is 12.0. The van der Waals surface area contributed by atoms with E-state index in [1.807, 2.05) is 30.3 Å². The van der Waals surface area contributed by atoms with Crippen LogP contribution in [0.2, 0.25) is 0 Å². The van der Waals surface area contributed by atoms with Crippen molar-refractivity contribution in [2.75, 3.05) is 13.7 Å². The molecule has 0 radical (unpaired) electrons. The van der Waals surface area contributed by atoms with E-state index in [0.717, 1.165) is 5.56 Å². The number of aromatic nitrogens is 1. The van der Waals surface area contributed by atoms with Gasteiger partial charge < -0.3 is 15.2 Å². The van der Waals surface area contributed by atoms with Crippen molar-refractivity contribution < 1.29 is 24.2 Å². The number of carbonyl (C=O) groups excluding carboxylic acids is 3. The molecule has 3 aromatic rings. The number of esters is 1. The normalized spacial score (nSPS) is 11.3. The average Bonchev–Trinajstić information content (AvgIpc) is 3.06. The molecule has 9 nitrogen and oxygen atoms in total. The molecule has 0 aliphatic heterocycles. The van der Waals surface area contributed by atoms with Crippen molar-refractivity contribution in [2.24, 2.45) is 10.2 Å². The Morgan fingerprint density at radius 1 is 1.10 bits per heavy atom. The highest BCUT2D eigenvalue weighted by atomic mass is 16.5. The number of para-hydroxylation sites is 1. The molecule has 0 fully saturated rings. The van der Waals surface area contributed by atoms with Gasteiger partial charge in [-0.2, -0.15) is 0 Å². The molecule has 0 bridgehead atoms. The number of hydrogen-bond acceptors (Lipinski definition) is 6. The number of nitrogens with zero attached hydrogens (tertiary/aromatic N) is 3. The van der Waals surface area contributed by atoms with Gasteiger partial charge in [-0.15, -0.1) is 10.2 Å². The van der Waals surface area contributed by atoms with Crippen LogP contribution < -0.4 is 5.32 Å². The highest BCUT2D eigenvalue weighted by Crippen LogP contribution is 2.38. The summed E-state index contributed by atoms with van der Waals surface area (Å²) in [6.45, 7) is -0.584. The van der Waals surface area contributed by atoms with Crippen molar-refractivity contribution in [1.29, 1.82) is 0 Å². The first-order valence-corrected chi connectivity index (χ1v) is 9.32. The summed E-state index contributed by atoms with van der Waals surface area (Å²) in [5, 5.41) is 20.8. The summed E-state index contributed by atoms with van der Waals surface area (Å²) >= 11 is 0. The van der Waals surface area contributed by atoms with E-state index in [9.17, 15) is 19.5 Å². The summed E-state index contributed by atoms with van der Waals surface area (Å²) < 4.78 is 5.96. The summed E-state index contributed by atoms with van der Waals surface area (Å²) in [6.07, 6.45) is 2.93. The van der Waals surface area contributed by atoms with Crippen molar-refractivity contribution in [3.05, 3.63) is 66.2 Å². The molecule has 1 heterocycles. The highest BCUT2D eigenvalue weighted by molar-refractivity contribution is 5.97. The van der Waals surface area contributed by atoms with Crippen LogP contribution >= 0.6 is 0 Å². The average molecular weight is 420 g/mol. The van der Waals surface area contributed by atoms with Gasteiger partial charge in [-0.05, 0) is 17.7 Å². The number of methoxy groups -OCH3 is 1. The van der Waals surface area contributed by atoms with Crippen LogP contribution in [0.5, 0.6) is 5.88 Å². The second-order valence-corrected chi connectivity index (χ2v) is 6.41. The minimum Gasteiger partial charge on any atom is -0.493 e. The molecule has 0 aliphatic rings. The summed E-state index contributed by atoms with van der Waals surface area (Å²) in [7, 11) is 1.24. The van der Waals surface area contributed by atoms with Gasteiger partial charge >= 0.3 is 5.97 Å². The largest absolute Gasteiger partial charge is 0.493 e. The smallest absolute Gasteiger partial charge is 0.325 e. The first-order chi connectivity index (χ1) is 15.0. The van der Waals surface area contributed by atoms with Gasteiger partial charge in [0.1, 0.15) is 13.1 Å². The molecule has 1 aromatic heterocycles. The lowest BCUT2D eigenvalue weighted by molar-refractivity contribution is -0.141. The van der Waals surface area contributed by atoms with Crippen LogP contribution in [0.1, 0.15) is 5.56 Å². The van der Waals surface area contributed by atoms with Crippen LogP contribution in [0.3, 0.4) is 0 Å². The summed E-state index contributed by atoms with van der Waals surface area (Å²) in [5.41, 5.74) is 1.43. The summed E-state index contributed by atoms with van der Waals surface area (Å²) in [4.78, 5) is 35.5. The fourth-order valence-electron chi connectivity index (χ4n) is 2.82. The second kappa shape index (κ2) is 9.97. The Hall–Kier alpha value is -4.27. The van der Waals surface area contributed by atoms with Crippen LogP contribution in [0, 0.1) is 0 Å². The molecule has 0 saturated heterocycles. The number of ether oxygens (including phenoxy) is 1. The maximum Gasteiger partial charge on any atom is 0.325 e. The Labute approximate surface area is 177 Å². The molecule has 2 amide bonds. The van der Waals surface area contributed by atoms with Crippen molar-refractivity contribution in [1.82, 2.24) is 9.88 Å². The van der Waals surface area contributed by atoms with E-state index >= 15 is 0 Å². The number of aromatic hydroxyl groups is 1. The molecule has 2 N–H and O–H groups in total. The molecule has 31 heavy (non-hydrogen) atoms. The molecule has 158 valence electrons. The molecule has 2 aromatic carbocycles. The maximum absolute atomic E-state index is 12.0. The number of nitrogens with one attached hydrogen (secondary N) is 1.